The number of aliphatic hydroxyl groups excluding tert-OH is 1. The summed E-state index contributed by atoms with van der Waals surface area (Å²) in [6.45, 7) is 10.1. The van der Waals surface area contributed by atoms with Gasteiger partial charge < -0.3 is 19.1 Å². The molecule has 1 N–H and O–H groups in total. The zero-order valence-electron chi connectivity index (χ0n) is 21.8. The molecule has 0 aliphatic heterocycles. The van der Waals surface area contributed by atoms with E-state index in [1.807, 2.05) is 14.1 Å². The van der Waals surface area contributed by atoms with Gasteiger partial charge in [0.15, 0.2) is 0 Å². The highest BCUT2D eigenvalue weighted by atomic mass is 16.5. The summed E-state index contributed by atoms with van der Waals surface area (Å²) in [5.74, 6) is -0.359. The Morgan fingerprint density at radius 2 is 1.31 bits per heavy atom. The number of aliphatic hydroxyl groups is 1. The molecular formula is C27H54NO4+. The first-order valence-corrected chi connectivity index (χ1v) is 13.2. The molecule has 5 heteroatoms. The van der Waals surface area contributed by atoms with Gasteiger partial charge in [-0.15, -0.1) is 0 Å². The lowest BCUT2D eigenvalue weighted by Crippen LogP contribution is -2.48. The first-order valence-electron chi connectivity index (χ1n) is 13.2. The highest BCUT2D eigenvalue weighted by Gasteiger charge is 2.21. The largest absolute Gasteiger partial charge is 0.456 e. The van der Waals surface area contributed by atoms with E-state index in [-0.39, 0.29) is 5.97 Å². The molecule has 5 nitrogen and oxygen atoms in total. The Balaban J connectivity index is 3.45. The maximum Gasteiger partial charge on any atom is 0.333 e. The minimum absolute atomic E-state index is 0.325. The van der Waals surface area contributed by atoms with Gasteiger partial charge in [0.25, 0.3) is 0 Å². The van der Waals surface area contributed by atoms with Crippen LogP contribution in [-0.4, -0.2) is 68.7 Å². The zero-order valence-corrected chi connectivity index (χ0v) is 21.8. The Morgan fingerprint density at radius 1 is 0.844 bits per heavy atom. The normalized spacial score (nSPS) is 12.7. The molecule has 32 heavy (non-hydrogen) atoms. The third kappa shape index (κ3) is 21.0. The number of likely N-dealkylation sites (N-methyl/N-ethyl adjacent to an activating group) is 1. The number of nitrogens with zero attached hydrogens (tertiary/aromatic N) is 1. The van der Waals surface area contributed by atoms with Crippen molar-refractivity contribution >= 4 is 5.97 Å². The lowest BCUT2D eigenvalue weighted by molar-refractivity contribution is -0.893. The van der Waals surface area contributed by atoms with Crippen LogP contribution in [0.1, 0.15) is 104 Å². The van der Waals surface area contributed by atoms with Crippen molar-refractivity contribution in [2.75, 3.05) is 47.0 Å². The van der Waals surface area contributed by atoms with E-state index in [9.17, 15) is 9.90 Å². The van der Waals surface area contributed by atoms with Crippen molar-refractivity contribution in [2.45, 2.75) is 110 Å². The van der Waals surface area contributed by atoms with Gasteiger partial charge in [0.05, 0.1) is 20.7 Å². The van der Waals surface area contributed by atoms with Gasteiger partial charge in [-0.1, -0.05) is 97.0 Å². The molecule has 0 bridgehead atoms. The van der Waals surface area contributed by atoms with E-state index < -0.39 is 6.10 Å². The fourth-order valence-corrected chi connectivity index (χ4v) is 3.84. The predicted molar refractivity (Wildman–Crippen MR) is 135 cm³/mol. The molecule has 0 spiro atoms. The summed E-state index contributed by atoms with van der Waals surface area (Å²) in [4.78, 5) is 11.4. The predicted octanol–water partition coefficient (Wildman–Crippen LogP) is 6.04. The molecular weight excluding hydrogens is 402 g/mol. The fraction of sp³-hybridized carbons (Fsp3) is 0.889. The first kappa shape index (κ1) is 31.1. The molecule has 0 fully saturated rings. The Labute approximate surface area is 199 Å². The molecule has 0 aromatic carbocycles. The maximum absolute atomic E-state index is 11.4. The molecule has 0 aliphatic carbocycles. The van der Waals surface area contributed by atoms with E-state index in [2.05, 4.69) is 13.5 Å². The summed E-state index contributed by atoms with van der Waals surface area (Å²) in [6, 6.07) is 0. The molecule has 0 radical (unpaired) electrons. The maximum atomic E-state index is 11.4. The standard InChI is InChI=1S/C27H54NO4/c1-6-7-8-9-10-11-12-13-14-15-16-17-18-19-21-31-24-26(29)23-28(4,5)20-22-32-27(30)25(2)3/h26,29H,2,6-24H2,1,3-5H3/q+1. The Hall–Kier alpha value is -0.910. The number of carbonyl (C=O) groups excluding carboxylic acids is 1. The number of quaternary nitrogens is 1. The van der Waals surface area contributed by atoms with Crippen LogP contribution in [0.15, 0.2) is 12.2 Å². The highest BCUT2D eigenvalue weighted by molar-refractivity contribution is 5.86. The molecule has 190 valence electrons. The van der Waals surface area contributed by atoms with Crippen molar-refractivity contribution in [3.05, 3.63) is 12.2 Å². The number of unbranched alkanes of at least 4 members (excludes halogenated alkanes) is 13. The average Bonchev–Trinajstić information content (AvgIpc) is 2.72. The molecule has 0 aliphatic rings. The minimum atomic E-state index is -0.506. The monoisotopic (exact) mass is 456 g/mol. The van der Waals surface area contributed by atoms with Crippen LogP contribution in [0.4, 0.5) is 0 Å². The van der Waals surface area contributed by atoms with Crippen molar-refractivity contribution in [2.24, 2.45) is 0 Å². The number of hydrogen-bond acceptors (Lipinski definition) is 4. The van der Waals surface area contributed by atoms with Gasteiger partial charge in [-0.25, -0.2) is 4.79 Å². The van der Waals surface area contributed by atoms with E-state index >= 15 is 0 Å². The van der Waals surface area contributed by atoms with Crippen LogP contribution in [0.25, 0.3) is 0 Å². The second-order valence-electron chi connectivity index (χ2n) is 10.1. The molecule has 0 saturated heterocycles. The number of carbonyl (C=O) groups is 1. The number of ether oxygens (including phenoxy) is 2. The lowest BCUT2D eigenvalue weighted by Gasteiger charge is -2.31. The van der Waals surface area contributed by atoms with E-state index in [1.54, 1.807) is 6.92 Å². The van der Waals surface area contributed by atoms with E-state index in [0.717, 1.165) is 13.0 Å². The Bertz CT molecular complexity index is 465. The quantitative estimate of drug-likeness (QED) is 0.0881. The Morgan fingerprint density at radius 3 is 1.78 bits per heavy atom. The van der Waals surface area contributed by atoms with Crippen molar-refractivity contribution in [3.63, 3.8) is 0 Å². The van der Waals surface area contributed by atoms with Crippen LogP contribution in [0, 0.1) is 0 Å². The molecule has 0 saturated carbocycles. The first-order chi connectivity index (χ1) is 15.3. The average molecular weight is 457 g/mol. The van der Waals surface area contributed by atoms with Crippen LogP contribution in [-0.2, 0) is 14.3 Å². The van der Waals surface area contributed by atoms with Crippen molar-refractivity contribution in [3.8, 4) is 0 Å². The van der Waals surface area contributed by atoms with Crippen LogP contribution in [0.5, 0.6) is 0 Å². The van der Waals surface area contributed by atoms with Gasteiger partial charge >= 0.3 is 5.97 Å². The van der Waals surface area contributed by atoms with Crippen LogP contribution in [0.2, 0.25) is 0 Å². The van der Waals surface area contributed by atoms with Crippen molar-refractivity contribution in [1.29, 1.82) is 0 Å². The Kier molecular flexibility index (Phi) is 20.1. The van der Waals surface area contributed by atoms with E-state index in [1.165, 1.54) is 83.5 Å². The summed E-state index contributed by atoms with van der Waals surface area (Å²) in [5, 5.41) is 10.2. The number of rotatable bonds is 23. The minimum Gasteiger partial charge on any atom is -0.456 e. The summed E-state index contributed by atoms with van der Waals surface area (Å²) in [6.07, 6.45) is 18.4. The topological polar surface area (TPSA) is 55.8 Å². The smallest absolute Gasteiger partial charge is 0.333 e. The molecule has 0 rings (SSSR count). The molecule has 0 aromatic rings. The second kappa shape index (κ2) is 20.7. The van der Waals surface area contributed by atoms with Crippen molar-refractivity contribution < 1.29 is 23.9 Å². The molecule has 0 amide bonds. The summed E-state index contributed by atoms with van der Waals surface area (Å²) >= 11 is 0. The highest BCUT2D eigenvalue weighted by Crippen LogP contribution is 2.13. The number of hydrogen-bond donors (Lipinski definition) is 1. The third-order valence-electron chi connectivity index (χ3n) is 5.94. The van der Waals surface area contributed by atoms with Crippen LogP contribution >= 0.6 is 0 Å². The van der Waals surface area contributed by atoms with Crippen LogP contribution in [0.3, 0.4) is 0 Å². The molecule has 0 heterocycles. The summed E-state index contributed by atoms with van der Waals surface area (Å²) < 4.78 is 11.4. The van der Waals surface area contributed by atoms with Gasteiger partial charge in [-0.2, -0.15) is 0 Å². The number of esters is 1. The zero-order chi connectivity index (χ0) is 24.1. The van der Waals surface area contributed by atoms with Gasteiger partial charge in [-0.05, 0) is 13.3 Å². The fourth-order valence-electron chi connectivity index (χ4n) is 3.84. The van der Waals surface area contributed by atoms with E-state index in [4.69, 9.17) is 9.47 Å². The van der Waals surface area contributed by atoms with Crippen molar-refractivity contribution in [1.82, 2.24) is 0 Å². The third-order valence-corrected chi connectivity index (χ3v) is 5.94. The van der Waals surface area contributed by atoms with Gasteiger partial charge in [0.2, 0.25) is 0 Å². The summed E-state index contributed by atoms with van der Waals surface area (Å²) in [5.41, 5.74) is 0.409. The molecule has 0 aromatic heterocycles. The van der Waals surface area contributed by atoms with Gasteiger partial charge in [0.1, 0.15) is 25.8 Å². The summed E-state index contributed by atoms with van der Waals surface area (Å²) in [7, 11) is 4.04. The molecule has 1 unspecified atom stereocenters. The van der Waals surface area contributed by atoms with Gasteiger partial charge in [0, 0.05) is 12.2 Å². The SMILES string of the molecule is C=C(C)C(=O)OCC[N+](C)(C)CC(O)COCCCCCCCCCCCCCCCC. The van der Waals surface area contributed by atoms with E-state index in [0.29, 0.717) is 36.4 Å². The van der Waals surface area contributed by atoms with Gasteiger partial charge in [-0.3, -0.25) is 0 Å². The second-order valence-corrected chi connectivity index (χ2v) is 10.1. The van der Waals surface area contributed by atoms with Crippen LogP contribution < -0.4 is 0 Å². The lowest BCUT2D eigenvalue weighted by atomic mass is 10.0. The molecule has 1 atom stereocenters.